The Balaban J connectivity index is 1.54. The number of rotatable bonds is 3. The van der Waals surface area contributed by atoms with Gasteiger partial charge in [-0.3, -0.25) is 4.79 Å². The maximum Gasteiger partial charge on any atom is 0.573 e. The minimum absolute atomic E-state index is 0.0125. The van der Waals surface area contributed by atoms with Crippen LogP contribution in [0, 0.1) is 0 Å². The molecule has 0 bridgehead atoms. The van der Waals surface area contributed by atoms with E-state index in [4.69, 9.17) is 0 Å². The Morgan fingerprint density at radius 2 is 1.45 bits per heavy atom. The molecule has 1 aliphatic heterocycles. The van der Waals surface area contributed by atoms with Crippen LogP contribution < -0.4 is 15.4 Å². The van der Waals surface area contributed by atoms with Gasteiger partial charge in [0.25, 0.3) is 0 Å². The topological polar surface area (TPSA) is 50.4 Å². The molecular weight excluding hydrogens is 429 g/mol. The minimum Gasteiger partial charge on any atom is -0.406 e. The first-order chi connectivity index (χ1) is 15.9. The highest BCUT2D eigenvalue weighted by Gasteiger charge is 2.36. The lowest BCUT2D eigenvalue weighted by molar-refractivity contribution is -0.274. The lowest BCUT2D eigenvalue weighted by Gasteiger charge is -2.30. The molecule has 2 N–H and O–H groups in total. The SMILES string of the molecule is O=C1CC(c2ccccc2)CC2=C1C(c1ccc(OC(F)(F)F)cc1)Nc1ccccc1N2. The van der Waals surface area contributed by atoms with Crippen molar-refractivity contribution in [1.82, 2.24) is 0 Å². The van der Waals surface area contributed by atoms with Crippen LogP contribution in [0.3, 0.4) is 0 Å². The molecule has 2 aliphatic rings. The summed E-state index contributed by atoms with van der Waals surface area (Å²) in [7, 11) is 0. The zero-order chi connectivity index (χ0) is 23.0. The predicted molar refractivity (Wildman–Crippen MR) is 120 cm³/mol. The van der Waals surface area contributed by atoms with Crippen LogP contribution in [0.15, 0.2) is 90.1 Å². The normalized spacial score (nSPS) is 20.2. The van der Waals surface area contributed by atoms with Gasteiger partial charge in [-0.15, -0.1) is 13.2 Å². The fourth-order valence-electron chi connectivity index (χ4n) is 4.57. The summed E-state index contributed by atoms with van der Waals surface area (Å²) in [5.74, 6) is -0.233. The molecule has 3 aromatic carbocycles. The van der Waals surface area contributed by atoms with E-state index in [2.05, 4.69) is 15.4 Å². The number of Topliss-reactive ketones (excluding diaryl/α,β-unsaturated/α-hetero) is 1. The molecule has 7 heteroatoms. The zero-order valence-electron chi connectivity index (χ0n) is 17.5. The van der Waals surface area contributed by atoms with Gasteiger partial charge in [0.05, 0.1) is 17.4 Å². The molecule has 4 nitrogen and oxygen atoms in total. The zero-order valence-corrected chi connectivity index (χ0v) is 17.5. The number of carbonyl (C=O) groups excluding carboxylic acids is 1. The molecule has 5 rings (SSSR count). The first kappa shape index (κ1) is 21.1. The lowest BCUT2D eigenvalue weighted by Crippen LogP contribution is -2.26. The average molecular weight is 450 g/mol. The molecule has 1 heterocycles. The predicted octanol–water partition coefficient (Wildman–Crippen LogP) is 6.56. The molecule has 168 valence electrons. The van der Waals surface area contributed by atoms with E-state index in [1.54, 1.807) is 12.1 Å². The summed E-state index contributed by atoms with van der Waals surface area (Å²) in [6, 6.07) is 22.8. The third-order valence-electron chi connectivity index (χ3n) is 6.03. The maximum absolute atomic E-state index is 13.4. The summed E-state index contributed by atoms with van der Waals surface area (Å²) in [5, 5.41) is 6.88. The summed E-state index contributed by atoms with van der Waals surface area (Å²) in [6.07, 6.45) is -3.73. The number of hydrogen-bond donors (Lipinski definition) is 2. The first-order valence-corrected chi connectivity index (χ1v) is 10.7. The van der Waals surface area contributed by atoms with Gasteiger partial charge in [0.15, 0.2) is 5.78 Å². The number of para-hydroxylation sites is 2. The number of anilines is 2. The molecular formula is C26H21F3N2O2. The molecule has 0 radical (unpaired) electrons. The van der Waals surface area contributed by atoms with E-state index in [1.165, 1.54) is 12.1 Å². The number of alkyl halides is 3. The van der Waals surface area contributed by atoms with E-state index in [-0.39, 0.29) is 17.5 Å². The molecule has 1 aliphatic carbocycles. The molecule has 2 unspecified atom stereocenters. The maximum atomic E-state index is 13.4. The molecule has 3 aromatic rings. The highest BCUT2D eigenvalue weighted by Crippen LogP contribution is 2.44. The van der Waals surface area contributed by atoms with Crippen molar-refractivity contribution in [3.63, 3.8) is 0 Å². The molecule has 0 saturated carbocycles. The number of hydrogen-bond acceptors (Lipinski definition) is 4. The third kappa shape index (κ3) is 4.44. The van der Waals surface area contributed by atoms with Crippen LogP contribution in [0.2, 0.25) is 0 Å². The summed E-state index contributed by atoms with van der Waals surface area (Å²) >= 11 is 0. The monoisotopic (exact) mass is 450 g/mol. The van der Waals surface area contributed by atoms with E-state index in [0.717, 1.165) is 22.6 Å². The van der Waals surface area contributed by atoms with Gasteiger partial charge in [0.2, 0.25) is 0 Å². The molecule has 0 spiro atoms. The van der Waals surface area contributed by atoms with Crippen molar-refractivity contribution in [3.05, 3.63) is 101 Å². The third-order valence-corrected chi connectivity index (χ3v) is 6.03. The van der Waals surface area contributed by atoms with Crippen LogP contribution in [0.25, 0.3) is 0 Å². The number of ketones is 1. The molecule has 0 amide bonds. The van der Waals surface area contributed by atoms with Crippen LogP contribution in [-0.4, -0.2) is 12.1 Å². The Labute approximate surface area is 189 Å². The average Bonchev–Trinajstić information content (AvgIpc) is 2.96. The Kier molecular flexibility index (Phi) is 5.32. The number of benzene rings is 3. The van der Waals surface area contributed by atoms with Crippen LogP contribution >= 0.6 is 0 Å². The summed E-state index contributed by atoms with van der Waals surface area (Å²) < 4.78 is 41.7. The van der Waals surface area contributed by atoms with E-state index >= 15 is 0 Å². The van der Waals surface area contributed by atoms with Gasteiger partial charge >= 0.3 is 6.36 Å². The lowest BCUT2D eigenvalue weighted by atomic mass is 9.78. The number of nitrogens with one attached hydrogen (secondary N) is 2. The number of halogens is 3. The number of carbonyl (C=O) groups is 1. The Morgan fingerprint density at radius 3 is 2.15 bits per heavy atom. The van der Waals surface area contributed by atoms with E-state index < -0.39 is 12.4 Å². The number of allylic oxidation sites excluding steroid dienone is 1. The summed E-state index contributed by atoms with van der Waals surface area (Å²) in [4.78, 5) is 13.4. The van der Waals surface area contributed by atoms with Gasteiger partial charge in [-0.25, -0.2) is 0 Å². The number of ether oxygens (including phenoxy) is 1. The molecule has 0 saturated heterocycles. The minimum atomic E-state index is -4.76. The first-order valence-electron chi connectivity index (χ1n) is 10.7. The van der Waals surface area contributed by atoms with Crippen molar-refractivity contribution in [2.24, 2.45) is 0 Å². The van der Waals surface area contributed by atoms with Crippen LogP contribution in [0.4, 0.5) is 24.5 Å². The van der Waals surface area contributed by atoms with Crippen LogP contribution in [0.1, 0.15) is 35.9 Å². The van der Waals surface area contributed by atoms with Crippen molar-refractivity contribution < 1.29 is 22.7 Å². The van der Waals surface area contributed by atoms with E-state index in [1.807, 2.05) is 54.6 Å². The van der Waals surface area contributed by atoms with Crippen LogP contribution in [-0.2, 0) is 4.79 Å². The Morgan fingerprint density at radius 1 is 0.788 bits per heavy atom. The Bertz CT molecular complexity index is 1200. The second-order valence-corrected chi connectivity index (χ2v) is 8.20. The fraction of sp³-hybridized carbons (Fsp3) is 0.192. The number of fused-ring (bicyclic) bond motifs is 1. The molecule has 0 aromatic heterocycles. The van der Waals surface area contributed by atoms with E-state index in [9.17, 15) is 18.0 Å². The molecule has 2 atom stereocenters. The van der Waals surface area contributed by atoms with Crippen molar-refractivity contribution in [2.45, 2.75) is 31.2 Å². The summed E-state index contributed by atoms with van der Waals surface area (Å²) in [6.45, 7) is 0. The van der Waals surface area contributed by atoms with Gasteiger partial charge in [0, 0.05) is 17.7 Å². The van der Waals surface area contributed by atoms with Gasteiger partial charge < -0.3 is 15.4 Å². The summed E-state index contributed by atoms with van der Waals surface area (Å²) in [5.41, 5.74) is 4.90. The largest absolute Gasteiger partial charge is 0.573 e. The van der Waals surface area contributed by atoms with Crippen molar-refractivity contribution in [3.8, 4) is 5.75 Å². The standard InChI is InChI=1S/C26H21F3N2O2/c27-26(28,29)33-19-12-10-17(11-13-19)25-24-22(30-20-8-4-5-9-21(20)31-25)14-18(15-23(24)32)16-6-2-1-3-7-16/h1-13,18,25,30-31H,14-15H2. The highest BCUT2D eigenvalue weighted by molar-refractivity contribution is 6.01. The smallest absolute Gasteiger partial charge is 0.406 e. The second-order valence-electron chi connectivity index (χ2n) is 8.20. The van der Waals surface area contributed by atoms with Crippen molar-refractivity contribution in [1.29, 1.82) is 0 Å². The Hall–Kier alpha value is -3.74. The van der Waals surface area contributed by atoms with Crippen molar-refractivity contribution in [2.75, 3.05) is 10.6 Å². The van der Waals surface area contributed by atoms with Crippen LogP contribution in [0.5, 0.6) is 5.75 Å². The fourth-order valence-corrected chi connectivity index (χ4v) is 4.57. The molecule has 0 fully saturated rings. The van der Waals surface area contributed by atoms with Gasteiger partial charge in [0.1, 0.15) is 5.75 Å². The quantitative estimate of drug-likeness (QED) is 0.474. The van der Waals surface area contributed by atoms with Gasteiger partial charge in [-0.05, 0) is 47.7 Å². The highest BCUT2D eigenvalue weighted by atomic mass is 19.4. The molecule has 33 heavy (non-hydrogen) atoms. The van der Waals surface area contributed by atoms with Gasteiger partial charge in [-0.2, -0.15) is 0 Å². The van der Waals surface area contributed by atoms with Gasteiger partial charge in [-0.1, -0.05) is 54.6 Å². The van der Waals surface area contributed by atoms with Crippen molar-refractivity contribution >= 4 is 17.2 Å². The van der Waals surface area contributed by atoms with E-state index in [0.29, 0.717) is 24.0 Å². The second kappa shape index (κ2) is 8.31.